The summed E-state index contributed by atoms with van der Waals surface area (Å²) < 4.78 is 0. The number of likely N-dealkylation sites (tertiary alicyclic amines) is 1. The van der Waals surface area contributed by atoms with Crippen molar-refractivity contribution in [2.45, 2.75) is 50.1 Å². The van der Waals surface area contributed by atoms with Gasteiger partial charge in [-0.15, -0.1) is 0 Å². The van der Waals surface area contributed by atoms with Crippen LogP contribution in [0.2, 0.25) is 0 Å². The number of nitrogens with zero attached hydrogens (tertiary/aromatic N) is 2. The van der Waals surface area contributed by atoms with Crippen LogP contribution in [-0.4, -0.2) is 64.6 Å². The number of amides is 1. The van der Waals surface area contributed by atoms with E-state index in [1.54, 1.807) is 18.0 Å². The van der Waals surface area contributed by atoms with Crippen LogP contribution in [-0.2, 0) is 21.4 Å². The highest BCUT2D eigenvalue weighted by Crippen LogP contribution is 2.47. The molecule has 1 aromatic rings. The lowest BCUT2D eigenvalue weighted by Crippen LogP contribution is -2.67. The number of carboxylic acids is 1. The van der Waals surface area contributed by atoms with E-state index < -0.39 is 5.97 Å². The molecule has 1 aromatic carbocycles. The first kappa shape index (κ1) is 17.7. The fourth-order valence-electron chi connectivity index (χ4n) is 4.68. The molecule has 0 saturated carbocycles. The Kier molecular flexibility index (Phi) is 4.49. The highest BCUT2D eigenvalue weighted by atomic mass is 16.4. The van der Waals surface area contributed by atoms with E-state index in [-0.39, 0.29) is 42.0 Å². The molecule has 1 fully saturated rings. The van der Waals surface area contributed by atoms with E-state index in [1.165, 1.54) is 5.56 Å². The number of carboxylic acid groups (broad SMARTS) is 1. The van der Waals surface area contributed by atoms with Gasteiger partial charge in [0, 0.05) is 24.9 Å². The maximum atomic E-state index is 12.6. The van der Waals surface area contributed by atoms with E-state index in [9.17, 15) is 14.7 Å². The number of hydrogen-bond donors (Lipinski definition) is 2. The second-order valence-electron chi connectivity index (χ2n) is 7.60. The predicted molar refractivity (Wildman–Crippen MR) is 93.6 cm³/mol. The minimum Gasteiger partial charge on any atom is -0.508 e. The highest BCUT2D eigenvalue weighted by molar-refractivity contribution is 5.81. The number of phenolic OH excluding ortho intramolecular Hbond substituents is 1. The standard InChI is InChI=1S/C19H26N2O4/c1-19-8-9-20(2)15(10-12-4-5-13(22)11-14(12)19)18(19)21(3)16(23)6-7-17(24)25/h4-5,11,15,18,22H,6-10H2,1-3H3,(H,24,25)/t15-,18-,19-/m1/s1. The smallest absolute Gasteiger partial charge is 0.303 e. The Morgan fingerprint density at radius 3 is 2.76 bits per heavy atom. The topological polar surface area (TPSA) is 81.1 Å². The van der Waals surface area contributed by atoms with Gasteiger partial charge in [0.2, 0.25) is 5.91 Å². The largest absolute Gasteiger partial charge is 0.508 e. The summed E-state index contributed by atoms with van der Waals surface area (Å²) in [6, 6.07) is 5.69. The SMILES string of the molecule is CN1CC[C@]2(C)c3cc(O)ccc3C[C@@H]1[C@H]2N(C)C(=O)CCC(=O)O. The lowest BCUT2D eigenvalue weighted by Gasteiger charge is -2.57. The molecule has 2 bridgehead atoms. The summed E-state index contributed by atoms with van der Waals surface area (Å²) in [6.07, 6.45) is 1.58. The van der Waals surface area contributed by atoms with Crippen LogP contribution < -0.4 is 0 Å². The number of benzene rings is 1. The van der Waals surface area contributed by atoms with Gasteiger partial charge in [0.1, 0.15) is 5.75 Å². The zero-order chi connectivity index (χ0) is 18.4. The summed E-state index contributed by atoms with van der Waals surface area (Å²) in [7, 11) is 3.87. The minimum atomic E-state index is -0.954. The molecule has 3 rings (SSSR count). The first-order chi connectivity index (χ1) is 11.7. The average Bonchev–Trinajstić information content (AvgIpc) is 2.56. The molecule has 0 unspecified atom stereocenters. The molecular weight excluding hydrogens is 320 g/mol. The summed E-state index contributed by atoms with van der Waals surface area (Å²) in [5.41, 5.74) is 2.08. The Balaban J connectivity index is 1.98. The van der Waals surface area contributed by atoms with Crippen molar-refractivity contribution in [3.05, 3.63) is 29.3 Å². The zero-order valence-electron chi connectivity index (χ0n) is 15.0. The van der Waals surface area contributed by atoms with Crippen molar-refractivity contribution in [1.29, 1.82) is 0 Å². The molecule has 0 radical (unpaired) electrons. The van der Waals surface area contributed by atoms with Gasteiger partial charge >= 0.3 is 5.97 Å². The Labute approximate surface area is 148 Å². The normalized spacial score (nSPS) is 28.3. The van der Waals surface area contributed by atoms with Crippen LogP contribution in [0.3, 0.4) is 0 Å². The molecule has 1 amide bonds. The molecule has 6 heteroatoms. The second-order valence-corrected chi connectivity index (χ2v) is 7.60. The molecule has 0 spiro atoms. The molecule has 1 heterocycles. The molecule has 3 atom stereocenters. The molecule has 2 aliphatic rings. The molecule has 0 aromatic heterocycles. The molecule has 136 valence electrons. The number of aliphatic carboxylic acids is 1. The lowest BCUT2D eigenvalue weighted by molar-refractivity contribution is -0.143. The van der Waals surface area contributed by atoms with Crippen LogP contribution in [0.1, 0.15) is 37.3 Å². The van der Waals surface area contributed by atoms with Gasteiger partial charge in [-0.1, -0.05) is 13.0 Å². The summed E-state index contributed by atoms with van der Waals surface area (Å²) in [4.78, 5) is 27.4. The number of fused-ring (bicyclic) bond motifs is 4. The summed E-state index contributed by atoms with van der Waals surface area (Å²) >= 11 is 0. The number of phenols is 1. The number of hydrogen-bond acceptors (Lipinski definition) is 4. The van der Waals surface area contributed by atoms with E-state index in [2.05, 4.69) is 18.9 Å². The number of carbonyl (C=O) groups excluding carboxylic acids is 1. The van der Waals surface area contributed by atoms with Gasteiger partial charge < -0.3 is 20.0 Å². The van der Waals surface area contributed by atoms with Crippen molar-refractivity contribution in [3.63, 3.8) is 0 Å². The number of carbonyl (C=O) groups is 2. The second kappa shape index (κ2) is 6.33. The predicted octanol–water partition coefficient (Wildman–Crippen LogP) is 1.60. The third-order valence-electron chi connectivity index (χ3n) is 6.07. The van der Waals surface area contributed by atoms with Gasteiger partial charge in [-0.3, -0.25) is 9.59 Å². The molecule has 25 heavy (non-hydrogen) atoms. The van der Waals surface area contributed by atoms with E-state index in [0.29, 0.717) is 0 Å². The van der Waals surface area contributed by atoms with Crippen LogP contribution in [0.5, 0.6) is 5.75 Å². The van der Waals surface area contributed by atoms with E-state index in [4.69, 9.17) is 5.11 Å². The van der Waals surface area contributed by atoms with Gasteiger partial charge in [-0.25, -0.2) is 0 Å². The van der Waals surface area contributed by atoms with Crippen molar-refractivity contribution < 1.29 is 19.8 Å². The Hall–Kier alpha value is -2.08. The van der Waals surface area contributed by atoms with E-state index in [0.717, 1.165) is 24.9 Å². The highest BCUT2D eigenvalue weighted by Gasteiger charge is 2.52. The quantitative estimate of drug-likeness (QED) is 0.865. The van der Waals surface area contributed by atoms with Crippen LogP contribution in [0.15, 0.2) is 18.2 Å². The first-order valence-corrected chi connectivity index (χ1v) is 8.74. The van der Waals surface area contributed by atoms with Crippen molar-refractivity contribution in [2.24, 2.45) is 0 Å². The van der Waals surface area contributed by atoms with Gasteiger partial charge in [0.25, 0.3) is 0 Å². The van der Waals surface area contributed by atoms with Crippen LogP contribution in [0.25, 0.3) is 0 Å². The molecule has 1 saturated heterocycles. The molecule has 6 nitrogen and oxygen atoms in total. The van der Waals surface area contributed by atoms with Crippen molar-refractivity contribution in [3.8, 4) is 5.75 Å². The average molecular weight is 346 g/mol. The Morgan fingerprint density at radius 2 is 2.08 bits per heavy atom. The van der Waals surface area contributed by atoms with Crippen molar-refractivity contribution >= 4 is 11.9 Å². The number of piperidine rings is 1. The van der Waals surface area contributed by atoms with Gasteiger partial charge in [0.05, 0.1) is 12.5 Å². The fourth-order valence-corrected chi connectivity index (χ4v) is 4.68. The van der Waals surface area contributed by atoms with Crippen LogP contribution >= 0.6 is 0 Å². The number of rotatable bonds is 4. The summed E-state index contributed by atoms with van der Waals surface area (Å²) in [5, 5.41) is 18.8. The van der Waals surface area contributed by atoms with Crippen LogP contribution in [0, 0.1) is 0 Å². The molecule has 2 N–H and O–H groups in total. The fraction of sp³-hybridized carbons (Fsp3) is 0.579. The van der Waals surface area contributed by atoms with Crippen molar-refractivity contribution in [1.82, 2.24) is 9.80 Å². The minimum absolute atomic E-state index is 0.0156. The first-order valence-electron chi connectivity index (χ1n) is 8.74. The summed E-state index contributed by atoms with van der Waals surface area (Å²) in [6.45, 7) is 3.10. The molecular formula is C19H26N2O4. The number of aromatic hydroxyl groups is 1. The lowest BCUT2D eigenvalue weighted by atomic mass is 9.61. The van der Waals surface area contributed by atoms with E-state index in [1.807, 2.05) is 12.1 Å². The Bertz CT molecular complexity index is 705. The van der Waals surface area contributed by atoms with Gasteiger partial charge in [-0.2, -0.15) is 0 Å². The van der Waals surface area contributed by atoms with Crippen molar-refractivity contribution in [2.75, 3.05) is 20.6 Å². The van der Waals surface area contributed by atoms with Crippen LogP contribution in [0.4, 0.5) is 0 Å². The Morgan fingerprint density at radius 1 is 1.36 bits per heavy atom. The monoisotopic (exact) mass is 346 g/mol. The maximum Gasteiger partial charge on any atom is 0.303 e. The van der Waals surface area contributed by atoms with Gasteiger partial charge in [0.15, 0.2) is 0 Å². The summed E-state index contributed by atoms with van der Waals surface area (Å²) in [5.74, 6) is -0.845. The third-order valence-corrected chi connectivity index (χ3v) is 6.07. The molecule has 1 aliphatic carbocycles. The molecule has 1 aliphatic heterocycles. The maximum absolute atomic E-state index is 12.6. The van der Waals surface area contributed by atoms with Gasteiger partial charge in [-0.05, 0) is 49.7 Å². The van der Waals surface area contributed by atoms with E-state index >= 15 is 0 Å². The number of likely N-dealkylation sites (N-methyl/N-ethyl adjacent to an activating group) is 2. The third kappa shape index (κ3) is 2.99. The zero-order valence-corrected chi connectivity index (χ0v) is 15.0.